The third kappa shape index (κ3) is 5.67. The van der Waals surface area contributed by atoms with E-state index in [1.165, 1.54) is 11.3 Å². The first-order valence-electron chi connectivity index (χ1n) is 6.70. The van der Waals surface area contributed by atoms with Crippen LogP contribution >= 0.6 is 22.9 Å². The number of piperazine rings is 1. The van der Waals surface area contributed by atoms with E-state index in [9.17, 15) is 8.42 Å². The Hall–Kier alpha value is -0.180. The summed E-state index contributed by atoms with van der Waals surface area (Å²) in [6.07, 6.45) is 0.685. The monoisotopic (exact) mass is 337 g/mol. The molecular weight excluding hydrogens is 318 g/mol. The van der Waals surface area contributed by atoms with Gasteiger partial charge < -0.3 is 5.32 Å². The minimum absolute atomic E-state index is 0.165. The van der Waals surface area contributed by atoms with Crippen molar-refractivity contribution in [2.75, 3.05) is 45.0 Å². The van der Waals surface area contributed by atoms with Gasteiger partial charge in [0, 0.05) is 44.1 Å². The topological polar surface area (TPSA) is 61.4 Å². The predicted molar refractivity (Wildman–Crippen MR) is 84.1 cm³/mol. The van der Waals surface area contributed by atoms with E-state index >= 15 is 0 Å². The average Bonchev–Trinajstić information content (AvgIpc) is 2.83. The van der Waals surface area contributed by atoms with E-state index in [0.29, 0.717) is 19.5 Å². The van der Waals surface area contributed by atoms with Gasteiger partial charge >= 0.3 is 0 Å². The van der Waals surface area contributed by atoms with Crippen molar-refractivity contribution >= 4 is 33.0 Å². The molecule has 1 aromatic rings. The van der Waals surface area contributed by atoms with E-state index in [2.05, 4.69) is 14.9 Å². The van der Waals surface area contributed by atoms with Gasteiger partial charge in [0.05, 0.1) is 10.1 Å². The standard InChI is InChI=1S/C12H20ClN3O2S2/c13-12-2-1-11(19-12)3-4-15-20(17,18)10-9-16-7-5-14-6-8-16/h1-2,14-15H,3-10H2. The molecule has 0 aromatic carbocycles. The lowest BCUT2D eigenvalue weighted by Crippen LogP contribution is -2.46. The lowest BCUT2D eigenvalue weighted by Gasteiger charge is -2.26. The number of hydrogen-bond acceptors (Lipinski definition) is 5. The Kier molecular flexibility index (Phi) is 6.25. The molecule has 1 fully saturated rings. The molecule has 0 spiro atoms. The Balaban J connectivity index is 1.67. The van der Waals surface area contributed by atoms with Crippen LogP contribution in [0.25, 0.3) is 0 Å². The number of thiophene rings is 1. The summed E-state index contributed by atoms with van der Waals surface area (Å²) in [5, 5.41) is 3.25. The Labute approximate surface area is 129 Å². The summed E-state index contributed by atoms with van der Waals surface area (Å²) in [4.78, 5) is 3.27. The molecule has 8 heteroatoms. The number of sulfonamides is 1. The van der Waals surface area contributed by atoms with Gasteiger partial charge in [0.2, 0.25) is 10.0 Å². The first-order chi connectivity index (χ1) is 9.55. The quantitative estimate of drug-likeness (QED) is 0.771. The molecule has 1 saturated heterocycles. The van der Waals surface area contributed by atoms with E-state index in [4.69, 9.17) is 11.6 Å². The molecule has 0 unspecified atom stereocenters. The van der Waals surface area contributed by atoms with Crippen LogP contribution in [0.3, 0.4) is 0 Å². The highest BCUT2D eigenvalue weighted by molar-refractivity contribution is 7.89. The average molecular weight is 338 g/mol. The highest BCUT2D eigenvalue weighted by atomic mass is 35.5. The summed E-state index contributed by atoms with van der Waals surface area (Å²) in [6.45, 7) is 4.74. The maximum absolute atomic E-state index is 11.9. The van der Waals surface area contributed by atoms with Gasteiger partial charge in [-0.1, -0.05) is 11.6 Å². The Morgan fingerprint density at radius 3 is 2.75 bits per heavy atom. The van der Waals surface area contributed by atoms with Crippen molar-refractivity contribution in [1.29, 1.82) is 0 Å². The van der Waals surface area contributed by atoms with Crippen LogP contribution in [-0.2, 0) is 16.4 Å². The van der Waals surface area contributed by atoms with E-state index in [-0.39, 0.29) is 5.75 Å². The zero-order valence-electron chi connectivity index (χ0n) is 11.3. The molecule has 1 aromatic heterocycles. The molecule has 0 saturated carbocycles. The minimum atomic E-state index is -3.18. The summed E-state index contributed by atoms with van der Waals surface area (Å²) in [6, 6.07) is 3.77. The maximum Gasteiger partial charge on any atom is 0.212 e. The van der Waals surface area contributed by atoms with Crippen molar-refractivity contribution in [1.82, 2.24) is 14.9 Å². The van der Waals surface area contributed by atoms with Crippen LogP contribution in [0.15, 0.2) is 12.1 Å². The molecule has 0 radical (unpaired) electrons. The Bertz CT molecular complexity index is 513. The molecule has 1 aliphatic heterocycles. The molecule has 0 amide bonds. The van der Waals surface area contributed by atoms with Gasteiger partial charge in [-0.3, -0.25) is 4.90 Å². The molecule has 1 aliphatic rings. The van der Waals surface area contributed by atoms with Gasteiger partial charge in [0.1, 0.15) is 0 Å². The van der Waals surface area contributed by atoms with Gasteiger partial charge in [-0.05, 0) is 18.6 Å². The van der Waals surface area contributed by atoms with Crippen molar-refractivity contribution in [2.24, 2.45) is 0 Å². The molecule has 0 atom stereocenters. The molecule has 2 heterocycles. The summed E-state index contributed by atoms with van der Waals surface area (Å²) >= 11 is 7.32. The number of rotatable bonds is 7. The van der Waals surface area contributed by atoms with Gasteiger partial charge in [0.25, 0.3) is 0 Å². The Morgan fingerprint density at radius 2 is 2.10 bits per heavy atom. The predicted octanol–water partition coefficient (Wildman–Crippen LogP) is 0.769. The summed E-state index contributed by atoms with van der Waals surface area (Å²) in [5.74, 6) is 0.165. The van der Waals surface area contributed by atoms with E-state index in [1.807, 2.05) is 12.1 Å². The fourth-order valence-electron chi connectivity index (χ4n) is 2.07. The molecule has 0 aliphatic carbocycles. The fourth-order valence-corrected chi connectivity index (χ4v) is 4.22. The van der Waals surface area contributed by atoms with Gasteiger partial charge in [0.15, 0.2) is 0 Å². The summed E-state index contributed by atoms with van der Waals surface area (Å²) in [7, 11) is -3.18. The molecule has 20 heavy (non-hydrogen) atoms. The third-order valence-electron chi connectivity index (χ3n) is 3.21. The highest BCUT2D eigenvalue weighted by Gasteiger charge is 2.15. The van der Waals surface area contributed by atoms with Crippen LogP contribution < -0.4 is 10.0 Å². The second-order valence-corrected chi connectivity index (χ2v) is 8.49. The lowest BCUT2D eigenvalue weighted by molar-refractivity contribution is 0.253. The van der Waals surface area contributed by atoms with Crippen molar-refractivity contribution in [3.8, 4) is 0 Å². The molecule has 5 nitrogen and oxygen atoms in total. The second-order valence-electron chi connectivity index (χ2n) is 4.76. The van der Waals surface area contributed by atoms with Crippen LogP contribution in [0.4, 0.5) is 0 Å². The number of halogens is 1. The number of nitrogens with one attached hydrogen (secondary N) is 2. The van der Waals surface area contributed by atoms with Crippen LogP contribution in [0.1, 0.15) is 4.88 Å². The molecule has 2 N–H and O–H groups in total. The van der Waals surface area contributed by atoms with Crippen molar-refractivity contribution in [3.63, 3.8) is 0 Å². The zero-order valence-corrected chi connectivity index (χ0v) is 13.7. The van der Waals surface area contributed by atoms with Crippen LogP contribution in [0.2, 0.25) is 4.34 Å². The SMILES string of the molecule is O=S(=O)(CCN1CCNCC1)NCCc1ccc(Cl)s1. The number of hydrogen-bond donors (Lipinski definition) is 2. The van der Waals surface area contributed by atoms with Gasteiger partial charge in [-0.25, -0.2) is 13.1 Å². The zero-order chi connectivity index (χ0) is 14.4. The van der Waals surface area contributed by atoms with Crippen LogP contribution in [0.5, 0.6) is 0 Å². The van der Waals surface area contributed by atoms with Crippen molar-refractivity contribution in [2.45, 2.75) is 6.42 Å². The summed E-state index contributed by atoms with van der Waals surface area (Å²) in [5.41, 5.74) is 0. The molecule has 114 valence electrons. The smallest absolute Gasteiger partial charge is 0.212 e. The maximum atomic E-state index is 11.9. The van der Waals surface area contributed by atoms with Crippen molar-refractivity contribution < 1.29 is 8.42 Å². The second kappa shape index (κ2) is 7.72. The minimum Gasteiger partial charge on any atom is -0.314 e. The van der Waals surface area contributed by atoms with Gasteiger partial charge in [-0.15, -0.1) is 11.3 Å². The highest BCUT2D eigenvalue weighted by Crippen LogP contribution is 2.21. The van der Waals surface area contributed by atoms with E-state index < -0.39 is 10.0 Å². The van der Waals surface area contributed by atoms with Crippen LogP contribution in [-0.4, -0.2) is 58.3 Å². The van der Waals surface area contributed by atoms with Crippen LogP contribution in [0, 0.1) is 0 Å². The fraction of sp³-hybridized carbons (Fsp3) is 0.667. The normalized spacial score (nSPS) is 17.4. The molecule has 2 rings (SSSR count). The first-order valence-corrected chi connectivity index (χ1v) is 9.54. The molecule has 0 bridgehead atoms. The van der Waals surface area contributed by atoms with Gasteiger partial charge in [-0.2, -0.15) is 0 Å². The largest absolute Gasteiger partial charge is 0.314 e. The third-order valence-corrected chi connectivity index (χ3v) is 5.86. The lowest BCUT2D eigenvalue weighted by atomic mass is 10.3. The first kappa shape index (κ1) is 16.2. The van der Waals surface area contributed by atoms with Crippen molar-refractivity contribution in [3.05, 3.63) is 21.3 Å². The van der Waals surface area contributed by atoms with E-state index in [0.717, 1.165) is 35.4 Å². The Morgan fingerprint density at radius 1 is 1.35 bits per heavy atom. The number of nitrogens with zero attached hydrogens (tertiary/aromatic N) is 1. The summed E-state index contributed by atoms with van der Waals surface area (Å²) < 4.78 is 27.2. The van der Waals surface area contributed by atoms with E-state index in [1.54, 1.807) is 0 Å². The molecular formula is C12H20ClN3O2S2.